The van der Waals surface area contributed by atoms with E-state index >= 15 is 0 Å². The van der Waals surface area contributed by atoms with Crippen LogP contribution >= 0.6 is 0 Å². The molecule has 1 aliphatic heterocycles. The number of imidazole rings is 1. The lowest BCUT2D eigenvalue weighted by Gasteiger charge is -2.19. The molecule has 3 rings (SSSR count). The second-order valence-corrected chi connectivity index (χ2v) is 5.19. The summed E-state index contributed by atoms with van der Waals surface area (Å²) < 4.78 is 7.37. The number of aromatic nitrogens is 3. The van der Waals surface area contributed by atoms with Gasteiger partial charge in [0.25, 0.3) is 5.91 Å². The zero-order valence-corrected chi connectivity index (χ0v) is 11.9. The molecule has 1 amide bonds. The van der Waals surface area contributed by atoms with Crippen molar-refractivity contribution in [3.8, 4) is 5.82 Å². The number of amides is 1. The Morgan fingerprint density at radius 1 is 1.52 bits per heavy atom. The Labute approximate surface area is 123 Å². The van der Waals surface area contributed by atoms with Crippen LogP contribution in [0.4, 0.5) is 0 Å². The maximum atomic E-state index is 12.2. The molecule has 6 nitrogen and oxygen atoms in total. The molecule has 2 unspecified atom stereocenters. The van der Waals surface area contributed by atoms with E-state index in [1.807, 2.05) is 13.1 Å². The van der Waals surface area contributed by atoms with Crippen molar-refractivity contribution in [2.24, 2.45) is 0 Å². The summed E-state index contributed by atoms with van der Waals surface area (Å²) in [6.45, 7) is 2.76. The first-order valence-corrected chi connectivity index (χ1v) is 7.11. The van der Waals surface area contributed by atoms with Gasteiger partial charge < -0.3 is 10.1 Å². The number of carbonyl (C=O) groups excluding carboxylic acids is 1. The van der Waals surface area contributed by atoms with Gasteiger partial charge in [-0.1, -0.05) is 0 Å². The molecule has 0 radical (unpaired) electrons. The molecule has 1 N–H and O–H groups in total. The summed E-state index contributed by atoms with van der Waals surface area (Å²) in [5, 5.41) is 2.97. The monoisotopic (exact) mass is 286 g/mol. The van der Waals surface area contributed by atoms with E-state index in [1.54, 1.807) is 35.4 Å². The number of hydrogen-bond acceptors (Lipinski definition) is 4. The average molecular weight is 286 g/mol. The predicted octanol–water partition coefficient (Wildman–Crippen LogP) is 1.56. The third kappa shape index (κ3) is 3.11. The molecule has 1 fully saturated rings. The summed E-state index contributed by atoms with van der Waals surface area (Å²) in [5.41, 5.74) is 0.545. The van der Waals surface area contributed by atoms with Gasteiger partial charge >= 0.3 is 0 Å². The summed E-state index contributed by atoms with van der Waals surface area (Å²) >= 11 is 0. The first-order chi connectivity index (χ1) is 10.2. The standard InChI is InChI=1S/C15H18N4O2/c1-11(13-3-2-8-21-13)18-15(20)12-4-5-14(17-9-12)19-7-6-16-10-19/h4-7,9-11,13H,2-3,8H2,1H3,(H,18,20). The molecule has 110 valence electrons. The number of rotatable bonds is 4. The highest BCUT2D eigenvalue weighted by molar-refractivity contribution is 5.94. The van der Waals surface area contributed by atoms with Crippen LogP contribution in [0, 0.1) is 0 Å². The highest BCUT2D eigenvalue weighted by Gasteiger charge is 2.24. The number of nitrogens with zero attached hydrogens (tertiary/aromatic N) is 3. The second kappa shape index (κ2) is 6.05. The largest absolute Gasteiger partial charge is 0.376 e. The van der Waals surface area contributed by atoms with Crippen LogP contribution in [-0.4, -0.2) is 39.2 Å². The fourth-order valence-corrected chi connectivity index (χ4v) is 2.45. The van der Waals surface area contributed by atoms with E-state index in [-0.39, 0.29) is 18.1 Å². The van der Waals surface area contributed by atoms with Crippen LogP contribution in [0.25, 0.3) is 5.82 Å². The van der Waals surface area contributed by atoms with Crippen LogP contribution in [0.3, 0.4) is 0 Å². The maximum Gasteiger partial charge on any atom is 0.253 e. The van der Waals surface area contributed by atoms with E-state index in [4.69, 9.17) is 4.74 Å². The minimum absolute atomic E-state index is 0.00771. The molecule has 0 aliphatic carbocycles. The van der Waals surface area contributed by atoms with Crippen LogP contribution < -0.4 is 5.32 Å². The summed E-state index contributed by atoms with van der Waals surface area (Å²) in [6, 6.07) is 3.57. The minimum Gasteiger partial charge on any atom is -0.376 e. The van der Waals surface area contributed by atoms with Crippen LogP contribution in [0.15, 0.2) is 37.1 Å². The molecule has 1 saturated heterocycles. The lowest BCUT2D eigenvalue weighted by atomic mass is 10.1. The van der Waals surface area contributed by atoms with Crippen LogP contribution in [-0.2, 0) is 4.74 Å². The van der Waals surface area contributed by atoms with Crippen molar-refractivity contribution >= 4 is 5.91 Å². The quantitative estimate of drug-likeness (QED) is 0.926. The Morgan fingerprint density at radius 2 is 2.43 bits per heavy atom. The summed E-state index contributed by atoms with van der Waals surface area (Å²) in [5.74, 6) is 0.610. The maximum absolute atomic E-state index is 12.2. The van der Waals surface area contributed by atoms with Gasteiger partial charge in [0.15, 0.2) is 0 Å². The Kier molecular flexibility index (Phi) is 3.96. The number of ether oxygens (including phenoxy) is 1. The molecule has 2 aromatic rings. The number of carbonyl (C=O) groups is 1. The van der Waals surface area contributed by atoms with Gasteiger partial charge in [0.05, 0.1) is 17.7 Å². The average Bonchev–Trinajstić information content (AvgIpc) is 3.20. The Bertz CT molecular complexity index is 589. The topological polar surface area (TPSA) is 69.0 Å². The van der Waals surface area contributed by atoms with Crippen LogP contribution in [0.5, 0.6) is 0 Å². The fourth-order valence-electron chi connectivity index (χ4n) is 2.45. The highest BCUT2D eigenvalue weighted by atomic mass is 16.5. The Hall–Kier alpha value is -2.21. The smallest absolute Gasteiger partial charge is 0.253 e. The fraction of sp³-hybridized carbons (Fsp3) is 0.400. The van der Waals surface area contributed by atoms with E-state index in [0.29, 0.717) is 5.56 Å². The molecule has 0 bridgehead atoms. The third-order valence-corrected chi connectivity index (χ3v) is 3.66. The van der Waals surface area contributed by atoms with Crippen molar-refractivity contribution in [1.29, 1.82) is 0 Å². The van der Waals surface area contributed by atoms with E-state index in [1.165, 1.54) is 0 Å². The lowest BCUT2D eigenvalue weighted by molar-refractivity contribution is 0.0712. The molecule has 21 heavy (non-hydrogen) atoms. The Balaban J connectivity index is 1.64. The van der Waals surface area contributed by atoms with Crippen molar-refractivity contribution in [2.45, 2.75) is 31.9 Å². The summed E-state index contributed by atoms with van der Waals surface area (Å²) in [6.07, 6.45) is 8.92. The van der Waals surface area contributed by atoms with E-state index in [2.05, 4.69) is 15.3 Å². The molecule has 0 saturated carbocycles. The van der Waals surface area contributed by atoms with Gasteiger partial charge in [0.1, 0.15) is 12.1 Å². The zero-order valence-electron chi connectivity index (χ0n) is 11.9. The summed E-state index contributed by atoms with van der Waals surface area (Å²) in [7, 11) is 0. The van der Waals surface area contributed by atoms with Crippen molar-refractivity contribution in [2.75, 3.05) is 6.61 Å². The molecule has 6 heteroatoms. The molecular weight excluding hydrogens is 268 g/mol. The molecular formula is C15H18N4O2. The van der Waals surface area contributed by atoms with Crippen molar-refractivity contribution in [1.82, 2.24) is 19.9 Å². The predicted molar refractivity (Wildman–Crippen MR) is 77.3 cm³/mol. The van der Waals surface area contributed by atoms with Crippen LogP contribution in [0.1, 0.15) is 30.1 Å². The molecule has 3 heterocycles. The third-order valence-electron chi connectivity index (χ3n) is 3.66. The van der Waals surface area contributed by atoms with Gasteiger partial charge in [-0.05, 0) is 31.9 Å². The molecule has 0 aromatic carbocycles. The zero-order chi connectivity index (χ0) is 14.7. The molecule has 0 spiro atoms. The number of hydrogen-bond donors (Lipinski definition) is 1. The summed E-state index contributed by atoms with van der Waals surface area (Å²) in [4.78, 5) is 20.4. The van der Waals surface area contributed by atoms with E-state index in [0.717, 1.165) is 25.3 Å². The van der Waals surface area contributed by atoms with Crippen molar-refractivity contribution in [3.05, 3.63) is 42.6 Å². The van der Waals surface area contributed by atoms with Gasteiger partial charge in [0, 0.05) is 25.2 Å². The van der Waals surface area contributed by atoms with Gasteiger partial charge in [0.2, 0.25) is 0 Å². The first-order valence-electron chi connectivity index (χ1n) is 7.11. The number of nitrogens with one attached hydrogen (secondary N) is 1. The normalized spacial score (nSPS) is 19.4. The van der Waals surface area contributed by atoms with Crippen LogP contribution in [0.2, 0.25) is 0 Å². The van der Waals surface area contributed by atoms with Gasteiger partial charge in [-0.15, -0.1) is 0 Å². The van der Waals surface area contributed by atoms with Crippen molar-refractivity contribution in [3.63, 3.8) is 0 Å². The highest BCUT2D eigenvalue weighted by Crippen LogP contribution is 2.15. The van der Waals surface area contributed by atoms with E-state index < -0.39 is 0 Å². The molecule has 2 atom stereocenters. The lowest BCUT2D eigenvalue weighted by Crippen LogP contribution is -2.40. The Morgan fingerprint density at radius 3 is 3.05 bits per heavy atom. The minimum atomic E-state index is -0.123. The van der Waals surface area contributed by atoms with Gasteiger partial charge in [-0.3, -0.25) is 9.36 Å². The molecule has 1 aliphatic rings. The number of pyridine rings is 1. The SMILES string of the molecule is CC(NC(=O)c1ccc(-n2ccnc2)nc1)C1CCCO1. The van der Waals surface area contributed by atoms with Gasteiger partial charge in [-0.25, -0.2) is 9.97 Å². The second-order valence-electron chi connectivity index (χ2n) is 5.19. The first kappa shape index (κ1) is 13.8. The van der Waals surface area contributed by atoms with E-state index in [9.17, 15) is 4.79 Å². The van der Waals surface area contributed by atoms with Gasteiger partial charge in [-0.2, -0.15) is 0 Å². The van der Waals surface area contributed by atoms with Crippen molar-refractivity contribution < 1.29 is 9.53 Å². The molecule has 2 aromatic heterocycles.